The SMILES string of the molecule is ClCCC[C@@H](Br)c1ccccc1. The van der Waals surface area contributed by atoms with Crippen LogP contribution in [0.1, 0.15) is 23.2 Å². The molecule has 0 aromatic heterocycles. The zero-order valence-corrected chi connectivity index (χ0v) is 9.18. The lowest BCUT2D eigenvalue weighted by Gasteiger charge is -2.07. The fourth-order valence-corrected chi connectivity index (χ4v) is 1.87. The molecule has 0 radical (unpaired) electrons. The summed E-state index contributed by atoms with van der Waals surface area (Å²) in [5, 5.41) is 0. The number of alkyl halides is 2. The van der Waals surface area contributed by atoms with E-state index in [0.29, 0.717) is 4.83 Å². The van der Waals surface area contributed by atoms with E-state index in [2.05, 4.69) is 40.2 Å². The highest BCUT2D eigenvalue weighted by molar-refractivity contribution is 9.09. The maximum absolute atomic E-state index is 5.61. The Balaban J connectivity index is 2.48. The lowest BCUT2D eigenvalue weighted by Crippen LogP contribution is -1.89. The van der Waals surface area contributed by atoms with Gasteiger partial charge in [-0.25, -0.2) is 0 Å². The largest absolute Gasteiger partial charge is 0.127 e. The zero-order chi connectivity index (χ0) is 8.81. The molecule has 2 heteroatoms. The molecule has 0 amide bonds. The van der Waals surface area contributed by atoms with Crippen molar-refractivity contribution < 1.29 is 0 Å². The smallest absolute Gasteiger partial charge is 0.0395 e. The topological polar surface area (TPSA) is 0 Å². The van der Waals surface area contributed by atoms with E-state index in [0.717, 1.165) is 18.7 Å². The molecule has 0 aliphatic carbocycles. The maximum atomic E-state index is 5.61. The van der Waals surface area contributed by atoms with Gasteiger partial charge in [0.15, 0.2) is 0 Å². The van der Waals surface area contributed by atoms with E-state index < -0.39 is 0 Å². The Morgan fingerprint density at radius 1 is 1.25 bits per heavy atom. The molecule has 1 aromatic carbocycles. The number of rotatable bonds is 4. The van der Waals surface area contributed by atoms with E-state index in [1.54, 1.807) is 0 Å². The average molecular weight is 248 g/mol. The van der Waals surface area contributed by atoms with E-state index in [1.165, 1.54) is 5.56 Å². The van der Waals surface area contributed by atoms with Gasteiger partial charge in [0.05, 0.1) is 0 Å². The highest BCUT2D eigenvalue weighted by Gasteiger charge is 2.04. The Labute approximate surface area is 87.1 Å². The molecule has 1 atom stereocenters. The molecule has 0 fully saturated rings. The molecular weight excluding hydrogens is 235 g/mol. The van der Waals surface area contributed by atoms with Crippen molar-refractivity contribution in [3.05, 3.63) is 35.9 Å². The van der Waals surface area contributed by atoms with Gasteiger partial charge in [0.25, 0.3) is 0 Å². The summed E-state index contributed by atoms with van der Waals surface area (Å²) in [5.74, 6) is 0.745. The summed E-state index contributed by atoms with van der Waals surface area (Å²) in [6.45, 7) is 0. The molecule has 0 aliphatic rings. The highest BCUT2D eigenvalue weighted by atomic mass is 79.9. The summed E-state index contributed by atoms with van der Waals surface area (Å²) >= 11 is 9.24. The van der Waals surface area contributed by atoms with Crippen molar-refractivity contribution in [2.45, 2.75) is 17.7 Å². The third-order valence-corrected chi connectivity index (χ3v) is 3.01. The van der Waals surface area contributed by atoms with Crippen molar-refractivity contribution in [3.8, 4) is 0 Å². The van der Waals surface area contributed by atoms with Crippen molar-refractivity contribution in [2.75, 3.05) is 5.88 Å². The Kier molecular flexibility index (Phi) is 4.70. The Hall–Kier alpha value is -0.0100. The molecule has 66 valence electrons. The molecule has 0 unspecified atom stereocenters. The molecule has 1 rings (SSSR count). The summed E-state index contributed by atoms with van der Waals surface area (Å²) in [4.78, 5) is 0.456. The first kappa shape index (κ1) is 10.1. The number of hydrogen-bond donors (Lipinski definition) is 0. The first-order valence-corrected chi connectivity index (χ1v) is 5.54. The van der Waals surface area contributed by atoms with Crippen LogP contribution < -0.4 is 0 Å². The molecule has 0 saturated carbocycles. The van der Waals surface area contributed by atoms with E-state index in [9.17, 15) is 0 Å². The summed E-state index contributed by atoms with van der Waals surface area (Å²) < 4.78 is 0. The maximum Gasteiger partial charge on any atom is 0.0395 e. The van der Waals surface area contributed by atoms with Gasteiger partial charge in [0.2, 0.25) is 0 Å². The third kappa shape index (κ3) is 3.16. The van der Waals surface area contributed by atoms with Gasteiger partial charge in [0.1, 0.15) is 0 Å². The quantitative estimate of drug-likeness (QED) is 0.702. The van der Waals surface area contributed by atoms with Crippen LogP contribution in [0, 0.1) is 0 Å². The second-order valence-corrected chi connectivity index (χ2v) is 4.19. The van der Waals surface area contributed by atoms with Crippen LogP contribution in [-0.2, 0) is 0 Å². The van der Waals surface area contributed by atoms with E-state index >= 15 is 0 Å². The van der Waals surface area contributed by atoms with Crippen molar-refractivity contribution in [3.63, 3.8) is 0 Å². The first-order valence-electron chi connectivity index (χ1n) is 4.09. The minimum Gasteiger partial charge on any atom is -0.127 e. The van der Waals surface area contributed by atoms with Gasteiger partial charge >= 0.3 is 0 Å². The van der Waals surface area contributed by atoms with Crippen LogP contribution in [0.5, 0.6) is 0 Å². The fourth-order valence-electron chi connectivity index (χ4n) is 1.08. The average Bonchev–Trinajstić information content (AvgIpc) is 2.15. The van der Waals surface area contributed by atoms with Crippen molar-refractivity contribution in [1.82, 2.24) is 0 Å². The Bertz CT molecular complexity index is 210. The standard InChI is InChI=1S/C10H12BrCl/c11-10(7-4-8-12)9-5-2-1-3-6-9/h1-3,5-6,10H,4,7-8H2/t10-/m1/s1. The van der Waals surface area contributed by atoms with Crippen LogP contribution in [-0.4, -0.2) is 5.88 Å². The lowest BCUT2D eigenvalue weighted by molar-refractivity contribution is 0.793. The van der Waals surface area contributed by atoms with Gasteiger partial charge in [-0.05, 0) is 18.4 Å². The summed E-state index contributed by atoms with van der Waals surface area (Å²) in [7, 11) is 0. The lowest BCUT2D eigenvalue weighted by atomic mass is 10.1. The second kappa shape index (κ2) is 5.60. The summed E-state index contributed by atoms with van der Waals surface area (Å²) in [5.41, 5.74) is 1.34. The predicted molar refractivity (Wildman–Crippen MR) is 58.1 cm³/mol. The fraction of sp³-hybridized carbons (Fsp3) is 0.400. The molecule has 12 heavy (non-hydrogen) atoms. The van der Waals surface area contributed by atoms with Crippen LogP contribution >= 0.6 is 27.5 Å². The van der Waals surface area contributed by atoms with E-state index in [1.807, 2.05) is 6.07 Å². The van der Waals surface area contributed by atoms with Gasteiger partial charge in [-0.2, -0.15) is 0 Å². The normalized spacial score (nSPS) is 12.8. The first-order chi connectivity index (χ1) is 5.84. The third-order valence-electron chi connectivity index (χ3n) is 1.75. The number of hydrogen-bond acceptors (Lipinski definition) is 0. The van der Waals surface area contributed by atoms with Crippen LogP contribution in [0.2, 0.25) is 0 Å². The second-order valence-electron chi connectivity index (χ2n) is 2.71. The minimum atomic E-state index is 0.456. The molecule has 0 N–H and O–H groups in total. The van der Waals surface area contributed by atoms with Crippen LogP contribution in [0.15, 0.2) is 30.3 Å². The van der Waals surface area contributed by atoms with Gasteiger partial charge < -0.3 is 0 Å². The molecule has 0 heterocycles. The van der Waals surface area contributed by atoms with E-state index in [-0.39, 0.29) is 0 Å². The Morgan fingerprint density at radius 2 is 1.92 bits per heavy atom. The molecule has 0 aliphatic heterocycles. The molecule has 0 bridgehead atoms. The molecule has 1 aromatic rings. The van der Waals surface area contributed by atoms with Gasteiger partial charge in [0, 0.05) is 10.7 Å². The predicted octanol–water partition coefficient (Wildman–Crippen LogP) is 4.14. The molecule has 0 spiro atoms. The van der Waals surface area contributed by atoms with Gasteiger partial charge in [-0.1, -0.05) is 46.3 Å². The molecule has 0 saturated heterocycles. The van der Waals surface area contributed by atoms with Crippen molar-refractivity contribution in [2.24, 2.45) is 0 Å². The van der Waals surface area contributed by atoms with E-state index in [4.69, 9.17) is 11.6 Å². The van der Waals surface area contributed by atoms with Crippen LogP contribution in [0.3, 0.4) is 0 Å². The summed E-state index contributed by atoms with van der Waals surface area (Å²) in [6, 6.07) is 10.4. The number of benzene rings is 1. The van der Waals surface area contributed by atoms with Gasteiger partial charge in [-0.3, -0.25) is 0 Å². The molecular formula is C10H12BrCl. The minimum absolute atomic E-state index is 0.456. The molecule has 0 nitrogen and oxygen atoms in total. The van der Waals surface area contributed by atoms with Crippen LogP contribution in [0.25, 0.3) is 0 Å². The van der Waals surface area contributed by atoms with Crippen molar-refractivity contribution in [1.29, 1.82) is 0 Å². The Morgan fingerprint density at radius 3 is 2.50 bits per heavy atom. The van der Waals surface area contributed by atoms with Crippen LogP contribution in [0.4, 0.5) is 0 Å². The number of halogens is 2. The zero-order valence-electron chi connectivity index (χ0n) is 6.84. The highest BCUT2D eigenvalue weighted by Crippen LogP contribution is 2.27. The summed E-state index contributed by atoms with van der Waals surface area (Å²) in [6.07, 6.45) is 2.17. The van der Waals surface area contributed by atoms with Crippen molar-refractivity contribution >= 4 is 27.5 Å². The van der Waals surface area contributed by atoms with Gasteiger partial charge in [-0.15, -0.1) is 11.6 Å². The monoisotopic (exact) mass is 246 g/mol.